The van der Waals surface area contributed by atoms with Crippen LogP contribution in [-0.2, 0) is 0 Å². The summed E-state index contributed by atoms with van der Waals surface area (Å²) in [5.74, 6) is 2.27. The molecule has 2 aliphatic carbocycles. The van der Waals surface area contributed by atoms with E-state index in [9.17, 15) is 0 Å². The molecule has 15 heavy (non-hydrogen) atoms. The highest BCUT2D eigenvalue weighted by Gasteiger charge is 2.55. The Morgan fingerprint density at radius 2 is 1.00 bits per heavy atom. The lowest BCUT2D eigenvalue weighted by molar-refractivity contribution is 0.459. The Bertz CT molecular complexity index is 220. The lowest BCUT2D eigenvalue weighted by Crippen LogP contribution is -2.43. The summed E-state index contributed by atoms with van der Waals surface area (Å²) in [7, 11) is -1.83. The van der Waals surface area contributed by atoms with Gasteiger partial charge in [0.05, 0.1) is 0 Å². The Labute approximate surface area is 97.9 Å². The quantitative estimate of drug-likeness (QED) is 0.606. The molecule has 0 aromatic carbocycles. The van der Waals surface area contributed by atoms with Gasteiger partial charge in [-0.25, -0.2) is 0 Å². The summed E-state index contributed by atoms with van der Waals surface area (Å²) in [5.41, 5.74) is 2.34. The summed E-state index contributed by atoms with van der Waals surface area (Å²) in [6.45, 7) is 15.7. The van der Waals surface area contributed by atoms with Crippen LogP contribution in [0, 0.1) is 11.8 Å². The van der Waals surface area contributed by atoms with Gasteiger partial charge in [-0.2, -0.15) is 0 Å². The van der Waals surface area contributed by atoms with Gasteiger partial charge < -0.3 is 0 Å². The van der Waals surface area contributed by atoms with Crippen molar-refractivity contribution in [1.82, 2.24) is 0 Å². The van der Waals surface area contributed by atoms with E-state index in [0.29, 0.717) is 0 Å². The first kappa shape index (κ1) is 11.9. The molecule has 0 saturated heterocycles. The third-order valence-corrected chi connectivity index (χ3v) is 10.9. The maximum absolute atomic E-state index is 2.62. The number of fused-ring (bicyclic) bond motifs is 2. The van der Waals surface area contributed by atoms with Gasteiger partial charge >= 0.3 is 0 Å². The fourth-order valence-corrected chi connectivity index (χ4v) is 13.9. The van der Waals surface area contributed by atoms with Gasteiger partial charge in [-0.1, -0.05) is 52.1 Å². The minimum Gasteiger partial charge on any atom is -0.0693 e. The summed E-state index contributed by atoms with van der Waals surface area (Å²) >= 11 is 0. The van der Waals surface area contributed by atoms with Crippen LogP contribution in [0.4, 0.5) is 0 Å². The van der Waals surface area contributed by atoms with Crippen LogP contribution >= 0.6 is 0 Å². The highest BCUT2D eigenvalue weighted by Crippen LogP contribution is 2.64. The highest BCUT2D eigenvalue weighted by molar-refractivity contribution is 6.83. The lowest BCUT2D eigenvalue weighted by atomic mass is 9.99. The fourth-order valence-electron chi connectivity index (χ4n) is 4.78. The van der Waals surface area contributed by atoms with E-state index in [1.807, 2.05) is 0 Å². The second-order valence-electron chi connectivity index (χ2n) is 8.12. The molecule has 0 amide bonds. The van der Waals surface area contributed by atoms with Gasteiger partial charge in [0.15, 0.2) is 0 Å². The van der Waals surface area contributed by atoms with E-state index < -0.39 is 16.1 Å². The first-order valence-electron chi connectivity index (χ1n) is 6.71. The van der Waals surface area contributed by atoms with Gasteiger partial charge in [0.25, 0.3) is 0 Å². The summed E-state index contributed by atoms with van der Waals surface area (Å²) in [6, 6.07) is 0. The van der Waals surface area contributed by atoms with Gasteiger partial charge in [0.1, 0.15) is 0 Å². The summed E-state index contributed by atoms with van der Waals surface area (Å²) in [6.07, 6.45) is 4.74. The Morgan fingerprint density at radius 1 is 0.667 bits per heavy atom. The van der Waals surface area contributed by atoms with Crippen LogP contribution in [0.15, 0.2) is 0 Å². The van der Waals surface area contributed by atoms with Crippen LogP contribution < -0.4 is 0 Å². The van der Waals surface area contributed by atoms with Gasteiger partial charge in [-0.05, 0) is 29.3 Å². The third-order valence-electron chi connectivity index (χ3n) is 4.92. The van der Waals surface area contributed by atoms with Crippen LogP contribution in [0.3, 0.4) is 0 Å². The van der Waals surface area contributed by atoms with E-state index in [4.69, 9.17) is 0 Å². The molecular weight excluding hydrogens is 212 g/mol. The van der Waals surface area contributed by atoms with Crippen LogP contribution in [0.1, 0.15) is 19.3 Å². The highest BCUT2D eigenvalue weighted by atomic mass is 28.3. The first-order chi connectivity index (χ1) is 6.71. The predicted octanol–water partition coefficient (Wildman–Crippen LogP) is 4.83. The molecule has 0 aromatic heterocycles. The Kier molecular flexibility index (Phi) is 2.75. The molecule has 2 aliphatic rings. The molecule has 0 aliphatic heterocycles. The van der Waals surface area contributed by atoms with Gasteiger partial charge in [0, 0.05) is 16.1 Å². The molecule has 0 N–H and O–H groups in total. The molecular formula is C13H28Si2. The molecule has 0 nitrogen and oxygen atoms in total. The van der Waals surface area contributed by atoms with Crippen LogP contribution in [0.2, 0.25) is 50.4 Å². The second kappa shape index (κ2) is 3.46. The largest absolute Gasteiger partial charge is 0.0693 e. The van der Waals surface area contributed by atoms with Crippen molar-refractivity contribution in [1.29, 1.82) is 0 Å². The van der Waals surface area contributed by atoms with E-state index >= 15 is 0 Å². The van der Waals surface area contributed by atoms with Crippen molar-refractivity contribution in [2.24, 2.45) is 11.8 Å². The molecule has 0 aromatic rings. The van der Waals surface area contributed by atoms with E-state index in [-0.39, 0.29) is 0 Å². The molecule has 2 bridgehead atoms. The number of hydrogen-bond acceptors (Lipinski definition) is 0. The van der Waals surface area contributed by atoms with Crippen LogP contribution in [-0.4, -0.2) is 16.1 Å². The second-order valence-corrected chi connectivity index (χ2v) is 18.9. The van der Waals surface area contributed by atoms with Crippen molar-refractivity contribution >= 4 is 16.1 Å². The van der Waals surface area contributed by atoms with Gasteiger partial charge in [0.2, 0.25) is 0 Å². The molecule has 2 saturated carbocycles. The Morgan fingerprint density at radius 3 is 1.27 bits per heavy atom. The van der Waals surface area contributed by atoms with Crippen molar-refractivity contribution in [3.8, 4) is 0 Å². The smallest absolute Gasteiger partial charge is 0.0476 e. The van der Waals surface area contributed by atoms with Gasteiger partial charge in [-0.15, -0.1) is 0 Å². The first-order valence-corrected chi connectivity index (χ1v) is 13.9. The third kappa shape index (κ3) is 2.00. The summed E-state index contributed by atoms with van der Waals surface area (Å²) in [4.78, 5) is 0. The standard InChI is InChI=1S/C13H28Si2/c1-14(2,3)12-10-7-8-11(9-10)13(12)15(4,5)6/h10-13H,7-9H2,1-6H3. The minimum atomic E-state index is -0.916. The van der Waals surface area contributed by atoms with Crippen LogP contribution in [0.5, 0.6) is 0 Å². The van der Waals surface area contributed by atoms with Crippen molar-refractivity contribution in [3.63, 3.8) is 0 Å². The topological polar surface area (TPSA) is 0 Å². The fraction of sp³-hybridized carbons (Fsp3) is 1.00. The summed E-state index contributed by atoms with van der Waals surface area (Å²) in [5, 5.41) is 0. The molecule has 4 unspecified atom stereocenters. The summed E-state index contributed by atoms with van der Waals surface area (Å²) < 4.78 is 0. The van der Waals surface area contributed by atoms with E-state index in [0.717, 1.165) is 11.8 Å². The monoisotopic (exact) mass is 240 g/mol. The normalized spacial score (nSPS) is 41.2. The van der Waals surface area contributed by atoms with Crippen molar-refractivity contribution < 1.29 is 0 Å². The van der Waals surface area contributed by atoms with Crippen molar-refractivity contribution in [3.05, 3.63) is 0 Å². The zero-order valence-electron chi connectivity index (χ0n) is 11.4. The average molecular weight is 241 g/mol. The molecule has 0 spiro atoms. The van der Waals surface area contributed by atoms with E-state index in [1.54, 1.807) is 19.3 Å². The Balaban J connectivity index is 2.28. The van der Waals surface area contributed by atoms with Crippen molar-refractivity contribution in [2.45, 2.75) is 69.6 Å². The number of rotatable bonds is 2. The lowest BCUT2D eigenvalue weighted by Gasteiger charge is -2.44. The van der Waals surface area contributed by atoms with E-state index in [1.165, 1.54) is 11.1 Å². The molecule has 4 atom stereocenters. The Hall–Kier alpha value is 0.434. The van der Waals surface area contributed by atoms with Crippen LogP contribution in [0.25, 0.3) is 0 Å². The molecule has 2 heteroatoms. The zero-order valence-corrected chi connectivity index (χ0v) is 13.4. The molecule has 0 radical (unpaired) electrons. The van der Waals surface area contributed by atoms with E-state index in [2.05, 4.69) is 39.3 Å². The predicted molar refractivity (Wildman–Crippen MR) is 75.0 cm³/mol. The number of hydrogen-bond donors (Lipinski definition) is 0. The minimum absolute atomic E-state index is 0.916. The van der Waals surface area contributed by atoms with Gasteiger partial charge in [-0.3, -0.25) is 0 Å². The average Bonchev–Trinajstić information content (AvgIpc) is 2.56. The maximum atomic E-state index is 2.62. The zero-order chi connectivity index (χ0) is 11.4. The molecule has 0 heterocycles. The van der Waals surface area contributed by atoms with Crippen molar-refractivity contribution in [2.75, 3.05) is 0 Å². The molecule has 88 valence electrons. The maximum Gasteiger partial charge on any atom is 0.0476 e. The molecule has 2 rings (SSSR count). The SMILES string of the molecule is C[Si](C)(C)C1C2CCC(C2)C1[Si](C)(C)C. The molecule has 2 fully saturated rings.